The van der Waals surface area contributed by atoms with Crippen molar-refractivity contribution in [3.05, 3.63) is 41.0 Å². The van der Waals surface area contributed by atoms with Gasteiger partial charge in [-0.1, -0.05) is 6.08 Å². The molecule has 0 saturated carbocycles. The van der Waals surface area contributed by atoms with E-state index in [4.69, 9.17) is 0 Å². The van der Waals surface area contributed by atoms with Crippen molar-refractivity contribution in [1.29, 1.82) is 0 Å². The highest BCUT2D eigenvalue weighted by Crippen LogP contribution is 2.19. The summed E-state index contributed by atoms with van der Waals surface area (Å²) in [5.74, 6) is 0.128. The van der Waals surface area contributed by atoms with Gasteiger partial charge in [0.05, 0.1) is 4.91 Å². The van der Waals surface area contributed by atoms with E-state index in [1.165, 1.54) is 10.4 Å². The van der Waals surface area contributed by atoms with Gasteiger partial charge in [0.15, 0.2) is 0 Å². The number of Topliss-reactive ketones (excluding diaryl/α,β-unsaturated/α-hetero) is 1. The van der Waals surface area contributed by atoms with Crippen LogP contribution in [0.4, 0.5) is 0 Å². The van der Waals surface area contributed by atoms with Crippen molar-refractivity contribution in [1.82, 2.24) is 4.31 Å². The lowest BCUT2D eigenvalue weighted by Gasteiger charge is -2.25. The standard InChI is InChI=1S/C12H13NO3S/c14-11-7-9-13(10-8-11)17(15,16)12-5-3-1-2-4-6-12/h1,3-6H,7-10H2. The highest BCUT2D eigenvalue weighted by molar-refractivity contribution is 7.93. The molecule has 17 heavy (non-hydrogen) atoms. The molecule has 1 aliphatic carbocycles. The minimum absolute atomic E-state index is 0.128. The summed E-state index contributed by atoms with van der Waals surface area (Å²) in [6, 6.07) is 0. The fourth-order valence-corrected chi connectivity index (χ4v) is 3.19. The molecule has 4 nitrogen and oxygen atoms in total. The average Bonchev–Trinajstić information content (AvgIpc) is 2.58. The number of piperidine rings is 1. The molecule has 0 aromatic heterocycles. The third kappa shape index (κ3) is 2.64. The van der Waals surface area contributed by atoms with Gasteiger partial charge in [0.25, 0.3) is 0 Å². The summed E-state index contributed by atoms with van der Waals surface area (Å²) < 4.78 is 25.8. The van der Waals surface area contributed by atoms with Crippen LogP contribution < -0.4 is 0 Å². The van der Waals surface area contributed by atoms with E-state index in [1.54, 1.807) is 24.3 Å². The molecule has 1 aliphatic heterocycles. The van der Waals surface area contributed by atoms with Crippen LogP contribution >= 0.6 is 0 Å². The fourth-order valence-electron chi connectivity index (χ4n) is 1.74. The molecule has 2 aliphatic rings. The normalized spacial score (nSPS) is 21.4. The third-order valence-electron chi connectivity index (χ3n) is 2.71. The summed E-state index contributed by atoms with van der Waals surface area (Å²) in [5.41, 5.74) is 2.81. The molecule has 1 heterocycles. The lowest BCUT2D eigenvalue weighted by Crippen LogP contribution is -2.38. The van der Waals surface area contributed by atoms with E-state index in [1.807, 2.05) is 0 Å². The molecule has 0 bridgehead atoms. The van der Waals surface area contributed by atoms with Gasteiger partial charge >= 0.3 is 0 Å². The van der Waals surface area contributed by atoms with Gasteiger partial charge in [-0.25, -0.2) is 8.42 Å². The van der Waals surface area contributed by atoms with Crippen molar-refractivity contribution in [3.8, 4) is 0 Å². The number of rotatable bonds is 2. The molecule has 0 N–H and O–H groups in total. The number of nitrogens with zero attached hydrogens (tertiary/aromatic N) is 1. The van der Waals surface area contributed by atoms with E-state index in [9.17, 15) is 13.2 Å². The van der Waals surface area contributed by atoms with Crippen molar-refractivity contribution in [2.75, 3.05) is 13.1 Å². The van der Waals surface area contributed by atoms with Gasteiger partial charge in [-0.15, -0.1) is 5.73 Å². The lowest BCUT2D eigenvalue weighted by atomic mass is 10.1. The lowest BCUT2D eigenvalue weighted by molar-refractivity contribution is -0.120. The fraction of sp³-hybridized carbons (Fsp3) is 0.333. The quantitative estimate of drug-likeness (QED) is 0.692. The third-order valence-corrected chi connectivity index (χ3v) is 4.63. The predicted molar refractivity (Wildman–Crippen MR) is 64.6 cm³/mol. The van der Waals surface area contributed by atoms with Gasteiger partial charge in [0, 0.05) is 25.9 Å². The van der Waals surface area contributed by atoms with Crippen LogP contribution in [0.15, 0.2) is 41.0 Å². The van der Waals surface area contributed by atoms with Crippen LogP contribution in [0.5, 0.6) is 0 Å². The Kier molecular flexibility index (Phi) is 3.43. The van der Waals surface area contributed by atoms with Crippen molar-refractivity contribution < 1.29 is 13.2 Å². The molecule has 1 saturated heterocycles. The van der Waals surface area contributed by atoms with Gasteiger partial charge in [-0.2, -0.15) is 4.31 Å². The van der Waals surface area contributed by atoms with Crippen LogP contribution in [0.25, 0.3) is 0 Å². The monoisotopic (exact) mass is 251 g/mol. The molecule has 0 unspecified atom stereocenters. The molecule has 0 aromatic carbocycles. The maximum atomic E-state index is 12.2. The molecule has 0 amide bonds. The van der Waals surface area contributed by atoms with Gasteiger partial charge < -0.3 is 0 Å². The largest absolute Gasteiger partial charge is 0.300 e. The van der Waals surface area contributed by atoms with Gasteiger partial charge in [-0.3, -0.25) is 4.79 Å². The highest BCUT2D eigenvalue weighted by atomic mass is 32.2. The summed E-state index contributed by atoms with van der Waals surface area (Å²) in [6.45, 7) is 0.562. The van der Waals surface area contributed by atoms with Crippen LogP contribution in [0.3, 0.4) is 0 Å². The van der Waals surface area contributed by atoms with Crippen molar-refractivity contribution in [2.24, 2.45) is 0 Å². The maximum absolute atomic E-state index is 12.2. The van der Waals surface area contributed by atoms with E-state index in [-0.39, 0.29) is 23.8 Å². The number of carbonyl (C=O) groups is 1. The van der Waals surface area contributed by atoms with Crippen LogP contribution in [-0.2, 0) is 14.8 Å². The Morgan fingerprint density at radius 1 is 1.18 bits per heavy atom. The second kappa shape index (κ2) is 4.84. The molecular weight excluding hydrogens is 238 g/mol. The Balaban J connectivity index is 2.22. The first-order chi connectivity index (χ1) is 8.10. The van der Waals surface area contributed by atoms with Crippen molar-refractivity contribution in [3.63, 3.8) is 0 Å². The smallest absolute Gasteiger partial charge is 0.243 e. The number of hydrogen-bond donors (Lipinski definition) is 0. The first kappa shape index (κ1) is 12.0. The van der Waals surface area contributed by atoms with Gasteiger partial charge in [-0.05, 0) is 24.3 Å². The Bertz CT molecular complexity index is 538. The summed E-state index contributed by atoms with van der Waals surface area (Å²) in [5, 5.41) is 0. The van der Waals surface area contributed by atoms with Crippen LogP contribution in [-0.4, -0.2) is 31.6 Å². The molecule has 5 heteroatoms. The van der Waals surface area contributed by atoms with E-state index in [0.29, 0.717) is 12.8 Å². The minimum Gasteiger partial charge on any atom is -0.300 e. The zero-order valence-electron chi connectivity index (χ0n) is 9.30. The second-order valence-electron chi connectivity index (χ2n) is 3.87. The number of allylic oxidation sites excluding steroid dienone is 4. The molecule has 0 spiro atoms. The van der Waals surface area contributed by atoms with Crippen LogP contribution in [0, 0.1) is 0 Å². The summed E-state index contributed by atoms with van der Waals surface area (Å²) in [4.78, 5) is 11.3. The Morgan fingerprint density at radius 3 is 2.59 bits per heavy atom. The minimum atomic E-state index is -3.47. The second-order valence-corrected chi connectivity index (χ2v) is 5.81. The Hall–Kier alpha value is -1.42. The summed E-state index contributed by atoms with van der Waals surface area (Å²) in [6.07, 6.45) is 8.55. The van der Waals surface area contributed by atoms with Crippen molar-refractivity contribution >= 4 is 15.8 Å². The molecule has 90 valence electrons. The molecule has 0 radical (unpaired) electrons. The zero-order chi connectivity index (χ0) is 12.3. The first-order valence-corrected chi connectivity index (χ1v) is 6.86. The molecule has 2 rings (SSSR count). The van der Waals surface area contributed by atoms with E-state index in [2.05, 4.69) is 5.73 Å². The topological polar surface area (TPSA) is 54.5 Å². The average molecular weight is 251 g/mol. The van der Waals surface area contributed by atoms with Crippen LogP contribution in [0.1, 0.15) is 12.8 Å². The molecule has 0 aromatic rings. The number of hydrogen-bond acceptors (Lipinski definition) is 3. The van der Waals surface area contributed by atoms with E-state index >= 15 is 0 Å². The van der Waals surface area contributed by atoms with Gasteiger partial charge in [0.2, 0.25) is 10.0 Å². The highest BCUT2D eigenvalue weighted by Gasteiger charge is 2.28. The van der Waals surface area contributed by atoms with E-state index < -0.39 is 10.0 Å². The molecule has 0 atom stereocenters. The number of ketones is 1. The number of carbonyl (C=O) groups excluding carboxylic acids is 1. The zero-order valence-corrected chi connectivity index (χ0v) is 10.1. The van der Waals surface area contributed by atoms with Gasteiger partial charge in [0.1, 0.15) is 5.78 Å². The molecular formula is C12H13NO3S. The summed E-state index contributed by atoms with van der Waals surface area (Å²) >= 11 is 0. The first-order valence-electron chi connectivity index (χ1n) is 5.42. The number of sulfonamides is 1. The summed E-state index contributed by atoms with van der Waals surface area (Å²) in [7, 11) is -3.47. The van der Waals surface area contributed by atoms with E-state index in [0.717, 1.165) is 0 Å². The Labute approximate surface area is 101 Å². The maximum Gasteiger partial charge on any atom is 0.243 e. The SMILES string of the molecule is O=C1CCN(S(=O)(=O)C2=CC=C=CC=C2)CC1. The van der Waals surface area contributed by atoms with Crippen LogP contribution in [0.2, 0.25) is 0 Å². The predicted octanol–water partition coefficient (Wildman–Crippen LogP) is 1.15. The molecule has 1 fully saturated rings. The Morgan fingerprint density at radius 2 is 1.88 bits per heavy atom. The van der Waals surface area contributed by atoms with Crippen molar-refractivity contribution in [2.45, 2.75) is 12.8 Å².